The summed E-state index contributed by atoms with van der Waals surface area (Å²) in [6, 6.07) is 13.9. The van der Waals surface area contributed by atoms with Crippen LogP contribution in [-0.4, -0.2) is 22.0 Å². The van der Waals surface area contributed by atoms with Crippen molar-refractivity contribution in [1.82, 2.24) is 9.38 Å². The maximum atomic E-state index is 12.5. The predicted octanol–water partition coefficient (Wildman–Crippen LogP) is 5.12. The molecule has 4 rings (SSSR count). The van der Waals surface area contributed by atoms with E-state index in [0.717, 1.165) is 10.2 Å². The minimum absolute atomic E-state index is 0.0529. The zero-order valence-corrected chi connectivity index (χ0v) is 18.0. The lowest BCUT2D eigenvalue weighted by atomic mass is 10.3. The van der Waals surface area contributed by atoms with Crippen LogP contribution in [0.25, 0.3) is 15.2 Å². The molecule has 2 aromatic carbocycles. The zero-order valence-electron chi connectivity index (χ0n) is 15.6. The van der Waals surface area contributed by atoms with E-state index in [0.29, 0.717) is 39.5 Å². The van der Waals surface area contributed by atoms with Crippen LogP contribution in [-0.2, 0) is 16.1 Å². The fourth-order valence-corrected chi connectivity index (χ4v) is 4.43. The lowest BCUT2D eigenvalue weighted by Gasteiger charge is -2.08. The van der Waals surface area contributed by atoms with Gasteiger partial charge in [-0.25, -0.2) is 4.98 Å². The summed E-state index contributed by atoms with van der Waals surface area (Å²) >= 11 is 13.3. The van der Waals surface area contributed by atoms with E-state index in [1.807, 2.05) is 24.3 Å². The highest BCUT2D eigenvalue weighted by molar-refractivity contribution is 7.23. The van der Waals surface area contributed by atoms with Crippen molar-refractivity contribution in [2.75, 3.05) is 6.61 Å². The van der Waals surface area contributed by atoms with E-state index in [1.54, 1.807) is 22.6 Å². The minimum Gasteiger partial charge on any atom is -0.492 e. The number of rotatable bonds is 7. The molecule has 4 aromatic rings. The van der Waals surface area contributed by atoms with Crippen LogP contribution >= 0.6 is 34.5 Å². The van der Waals surface area contributed by atoms with Gasteiger partial charge >= 0.3 is 5.97 Å². The van der Waals surface area contributed by atoms with Gasteiger partial charge in [-0.2, -0.15) is 0 Å². The molecule has 0 aliphatic rings. The first-order valence-electron chi connectivity index (χ1n) is 9.15. The van der Waals surface area contributed by atoms with Gasteiger partial charge in [0.25, 0.3) is 5.56 Å². The number of nitrogens with zero attached hydrogens (tertiary/aromatic N) is 2. The molecule has 0 atom stereocenters. The number of aromatic nitrogens is 2. The molecule has 0 spiro atoms. The van der Waals surface area contributed by atoms with E-state index in [1.165, 1.54) is 17.4 Å². The number of ether oxygens (including phenoxy) is 2. The molecular formula is C21H16Cl2N2O4S. The van der Waals surface area contributed by atoms with E-state index in [-0.39, 0.29) is 24.6 Å². The van der Waals surface area contributed by atoms with Gasteiger partial charge in [0.05, 0.1) is 27.5 Å². The highest BCUT2D eigenvalue weighted by Gasteiger charge is 2.11. The normalized spacial score (nSPS) is 11.1. The van der Waals surface area contributed by atoms with Crippen LogP contribution in [0.15, 0.2) is 53.3 Å². The van der Waals surface area contributed by atoms with Gasteiger partial charge in [-0.05, 0) is 36.8 Å². The Kier molecular flexibility index (Phi) is 6.22. The monoisotopic (exact) mass is 462 g/mol. The number of para-hydroxylation sites is 1. The quantitative estimate of drug-likeness (QED) is 0.281. The van der Waals surface area contributed by atoms with Crippen molar-refractivity contribution in [2.45, 2.75) is 19.4 Å². The Morgan fingerprint density at radius 3 is 2.80 bits per heavy atom. The highest BCUT2D eigenvalue weighted by Crippen LogP contribution is 2.27. The van der Waals surface area contributed by atoms with Gasteiger partial charge in [0.15, 0.2) is 4.96 Å². The molecule has 154 valence electrons. The second kappa shape index (κ2) is 9.04. The van der Waals surface area contributed by atoms with Gasteiger partial charge in [0.2, 0.25) is 0 Å². The Balaban J connectivity index is 1.31. The van der Waals surface area contributed by atoms with E-state index in [4.69, 9.17) is 32.7 Å². The molecule has 0 aliphatic carbocycles. The molecule has 30 heavy (non-hydrogen) atoms. The summed E-state index contributed by atoms with van der Waals surface area (Å²) in [5.41, 5.74) is 1.04. The first-order chi connectivity index (χ1) is 14.5. The summed E-state index contributed by atoms with van der Waals surface area (Å²) in [6.45, 7) is 0.256. The number of esters is 1. The van der Waals surface area contributed by atoms with Crippen molar-refractivity contribution in [3.8, 4) is 5.75 Å². The summed E-state index contributed by atoms with van der Waals surface area (Å²) < 4.78 is 13.3. The lowest BCUT2D eigenvalue weighted by molar-refractivity contribution is -0.145. The molecule has 0 unspecified atom stereocenters. The Bertz CT molecular complexity index is 1290. The van der Waals surface area contributed by atoms with Crippen LogP contribution in [0, 0.1) is 0 Å². The maximum absolute atomic E-state index is 12.5. The summed E-state index contributed by atoms with van der Waals surface area (Å²) in [7, 11) is 0. The minimum atomic E-state index is -0.390. The number of thiazole rings is 1. The van der Waals surface area contributed by atoms with Crippen molar-refractivity contribution in [2.24, 2.45) is 0 Å². The predicted molar refractivity (Wildman–Crippen MR) is 118 cm³/mol. The van der Waals surface area contributed by atoms with Gasteiger partial charge in [-0.15, -0.1) is 0 Å². The summed E-state index contributed by atoms with van der Waals surface area (Å²) in [5, 5.41) is 0.942. The van der Waals surface area contributed by atoms with Gasteiger partial charge in [0.1, 0.15) is 12.4 Å². The van der Waals surface area contributed by atoms with Crippen LogP contribution in [0.2, 0.25) is 10.0 Å². The number of hydrogen-bond acceptors (Lipinski definition) is 6. The largest absolute Gasteiger partial charge is 0.492 e. The molecule has 2 aromatic heterocycles. The van der Waals surface area contributed by atoms with Crippen molar-refractivity contribution >= 4 is 55.7 Å². The fraction of sp³-hybridized carbons (Fsp3) is 0.190. The Labute approximate surface area is 185 Å². The molecule has 0 fully saturated rings. The first kappa shape index (κ1) is 20.7. The fourth-order valence-electron chi connectivity index (χ4n) is 2.91. The van der Waals surface area contributed by atoms with Crippen molar-refractivity contribution in [3.63, 3.8) is 0 Å². The molecular weight excluding hydrogens is 447 g/mol. The Morgan fingerprint density at radius 1 is 1.13 bits per heavy atom. The molecule has 2 heterocycles. The van der Waals surface area contributed by atoms with Gasteiger partial charge in [-0.1, -0.05) is 46.7 Å². The molecule has 9 heteroatoms. The van der Waals surface area contributed by atoms with Crippen LogP contribution in [0.5, 0.6) is 5.75 Å². The van der Waals surface area contributed by atoms with Gasteiger partial charge in [-0.3, -0.25) is 14.0 Å². The molecule has 0 saturated heterocycles. The number of carbonyl (C=O) groups is 1. The lowest BCUT2D eigenvalue weighted by Crippen LogP contribution is -2.15. The van der Waals surface area contributed by atoms with E-state index in [2.05, 4.69) is 4.98 Å². The third-order valence-corrected chi connectivity index (χ3v) is 5.86. The molecule has 0 N–H and O–H groups in total. The first-order valence-corrected chi connectivity index (χ1v) is 10.7. The molecule has 6 nitrogen and oxygen atoms in total. The third kappa shape index (κ3) is 4.59. The van der Waals surface area contributed by atoms with E-state index in [9.17, 15) is 9.59 Å². The summed E-state index contributed by atoms with van der Waals surface area (Å²) in [6.07, 6.45) is 0.637. The number of benzene rings is 2. The van der Waals surface area contributed by atoms with Gasteiger partial charge in [0, 0.05) is 17.5 Å². The van der Waals surface area contributed by atoms with Crippen LogP contribution in [0.4, 0.5) is 0 Å². The molecule has 0 bridgehead atoms. The molecule has 0 amide bonds. The van der Waals surface area contributed by atoms with Crippen molar-refractivity contribution in [3.05, 3.63) is 74.6 Å². The summed E-state index contributed by atoms with van der Waals surface area (Å²) in [4.78, 5) is 29.5. The van der Waals surface area contributed by atoms with Crippen LogP contribution in [0.3, 0.4) is 0 Å². The number of hydrogen-bond donors (Lipinski definition) is 0. The SMILES string of the molecule is O=C(CCCOc1ccc(Cl)cc1Cl)OCc1cc(=O)n2c(n1)sc1ccccc12. The smallest absolute Gasteiger partial charge is 0.306 e. The molecule has 0 saturated carbocycles. The molecule has 0 radical (unpaired) electrons. The van der Waals surface area contributed by atoms with Crippen molar-refractivity contribution in [1.29, 1.82) is 0 Å². The topological polar surface area (TPSA) is 69.9 Å². The Hall–Kier alpha value is -2.61. The van der Waals surface area contributed by atoms with Crippen LogP contribution < -0.4 is 10.3 Å². The van der Waals surface area contributed by atoms with E-state index < -0.39 is 0 Å². The third-order valence-electron chi connectivity index (χ3n) is 4.31. The standard InChI is InChI=1S/C21H16Cl2N2O4S/c22-13-7-8-17(15(23)10-13)28-9-3-6-20(27)29-12-14-11-19(26)25-16-4-1-2-5-18(16)30-21(25)24-14/h1-2,4-5,7-8,10-11H,3,6,9,12H2. The second-order valence-electron chi connectivity index (χ2n) is 6.46. The Morgan fingerprint density at radius 2 is 1.97 bits per heavy atom. The zero-order chi connectivity index (χ0) is 21.1. The number of fused-ring (bicyclic) bond motifs is 3. The van der Waals surface area contributed by atoms with Gasteiger partial charge < -0.3 is 9.47 Å². The highest BCUT2D eigenvalue weighted by atomic mass is 35.5. The van der Waals surface area contributed by atoms with Crippen LogP contribution in [0.1, 0.15) is 18.5 Å². The number of halogens is 2. The maximum Gasteiger partial charge on any atom is 0.306 e. The number of carbonyl (C=O) groups excluding carboxylic acids is 1. The summed E-state index contributed by atoms with van der Waals surface area (Å²) in [5.74, 6) is 0.120. The van der Waals surface area contributed by atoms with Crippen molar-refractivity contribution < 1.29 is 14.3 Å². The second-order valence-corrected chi connectivity index (χ2v) is 8.31. The average Bonchev–Trinajstić information content (AvgIpc) is 3.10. The average molecular weight is 463 g/mol. The van der Waals surface area contributed by atoms with E-state index >= 15 is 0 Å². The molecule has 0 aliphatic heterocycles.